The molecule has 0 bridgehead atoms. The Hall–Kier alpha value is -1.02. The van der Waals surface area contributed by atoms with E-state index in [4.69, 9.17) is 0 Å². The van der Waals surface area contributed by atoms with E-state index in [2.05, 4.69) is 24.3 Å². The van der Waals surface area contributed by atoms with Crippen LogP contribution in [0.25, 0.3) is 5.69 Å². The van der Waals surface area contributed by atoms with E-state index >= 15 is 0 Å². The summed E-state index contributed by atoms with van der Waals surface area (Å²) in [4.78, 5) is 0. The van der Waals surface area contributed by atoms with Crippen molar-refractivity contribution in [2.24, 2.45) is 5.92 Å². The molecule has 1 N–H and O–H groups in total. The first-order valence-corrected chi connectivity index (χ1v) is 7.44. The summed E-state index contributed by atoms with van der Waals surface area (Å²) >= 11 is 2.04. The summed E-state index contributed by atoms with van der Waals surface area (Å²) in [5.41, 5.74) is 0.451. The Labute approximate surface area is 130 Å². The SMILES string of the molecule is CC(C)CNCc1cc(F)c(-n2cc(I)cn2)c(F)c1. The van der Waals surface area contributed by atoms with E-state index in [1.54, 1.807) is 12.4 Å². The fourth-order valence-electron chi connectivity index (χ4n) is 1.87. The predicted octanol–water partition coefficient (Wildman–Crippen LogP) is 3.50. The maximum atomic E-state index is 14.1. The molecule has 0 saturated carbocycles. The van der Waals surface area contributed by atoms with Crippen molar-refractivity contribution in [1.82, 2.24) is 15.1 Å². The number of nitrogens with one attached hydrogen (secondary N) is 1. The highest BCUT2D eigenvalue weighted by Crippen LogP contribution is 2.20. The summed E-state index contributed by atoms with van der Waals surface area (Å²) in [6.07, 6.45) is 3.14. The van der Waals surface area contributed by atoms with Gasteiger partial charge in [-0.1, -0.05) is 13.8 Å². The monoisotopic (exact) mass is 391 g/mol. The first kappa shape index (κ1) is 15.4. The molecule has 0 aliphatic rings. The van der Waals surface area contributed by atoms with E-state index < -0.39 is 11.6 Å². The van der Waals surface area contributed by atoms with Gasteiger partial charge in [0.2, 0.25) is 0 Å². The zero-order chi connectivity index (χ0) is 14.7. The van der Waals surface area contributed by atoms with E-state index in [0.29, 0.717) is 18.0 Å². The maximum absolute atomic E-state index is 14.1. The standard InChI is InChI=1S/C14H16F2IN3/c1-9(2)5-18-6-10-3-12(15)14(13(16)4-10)20-8-11(17)7-19-20/h3-4,7-9,18H,5-6H2,1-2H3. The molecule has 0 atom stereocenters. The van der Waals surface area contributed by atoms with Gasteiger partial charge in [-0.15, -0.1) is 0 Å². The predicted molar refractivity (Wildman–Crippen MR) is 82.7 cm³/mol. The number of aromatic nitrogens is 2. The van der Waals surface area contributed by atoms with Crippen LogP contribution in [0.5, 0.6) is 0 Å². The van der Waals surface area contributed by atoms with Gasteiger partial charge < -0.3 is 5.32 Å². The maximum Gasteiger partial charge on any atom is 0.152 e. The van der Waals surface area contributed by atoms with Gasteiger partial charge in [0.15, 0.2) is 11.6 Å². The molecule has 0 aliphatic carbocycles. The van der Waals surface area contributed by atoms with E-state index in [0.717, 1.165) is 10.1 Å². The molecule has 0 amide bonds. The van der Waals surface area contributed by atoms with Gasteiger partial charge in [-0.2, -0.15) is 5.10 Å². The molecule has 6 heteroatoms. The van der Waals surface area contributed by atoms with Crippen molar-refractivity contribution in [3.05, 3.63) is 45.3 Å². The Bertz CT molecular complexity index is 573. The van der Waals surface area contributed by atoms with E-state index in [9.17, 15) is 8.78 Å². The van der Waals surface area contributed by atoms with Gasteiger partial charge in [-0.25, -0.2) is 13.5 Å². The van der Waals surface area contributed by atoms with Gasteiger partial charge in [0, 0.05) is 12.7 Å². The molecule has 0 radical (unpaired) electrons. The van der Waals surface area contributed by atoms with Crippen LogP contribution in [0, 0.1) is 21.1 Å². The molecule has 3 nitrogen and oxygen atoms in total. The third-order valence-corrected chi connectivity index (χ3v) is 3.30. The molecule has 0 aliphatic heterocycles. The minimum absolute atomic E-state index is 0.138. The average molecular weight is 391 g/mol. The van der Waals surface area contributed by atoms with Crippen LogP contribution in [-0.2, 0) is 6.54 Å². The van der Waals surface area contributed by atoms with Crippen molar-refractivity contribution < 1.29 is 8.78 Å². The second kappa shape index (κ2) is 6.62. The molecule has 1 aromatic heterocycles. The average Bonchev–Trinajstić information content (AvgIpc) is 2.74. The van der Waals surface area contributed by atoms with Crippen LogP contribution in [0.4, 0.5) is 8.78 Å². The lowest BCUT2D eigenvalue weighted by atomic mass is 10.1. The highest BCUT2D eigenvalue weighted by Gasteiger charge is 2.14. The normalized spacial score (nSPS) is 11.3. The number of rotatable bonds is 5. The fraction of sp³-hybridized carbons (Fsp3) is 0.357. The highest BCUT2D eigenvalue weighted by molar-refractivity contribution is 14.1. The molecule has 0 saturated heterocycles. The summed E-state index contributed by atoms with van der Waals surface area (Å²) in [6, 6.07) is 2.70. The second-order valence-electron chi connectivity index (χ2n) is 5.04. The summed E-state index contributed by atoms with van der Waals surface area (Å²) < 4.78 is 30.2. The Morgan fingerprint density at radius 2 is 1.95 bits per heavy atom. The molecule has 1 heterocycles. The van der Waals surface area contributed by atoms with Crippen LogP contribution in [-0.4, -0.2) is 16.3 Å². The summed E-state index contributed by atoms with van der Waals surface area (Å²) in [5.74, 6) is -0.716. The van der Waals surface area contributed by atoms with Crippen molar-refractivity contribution in [1.29, 1.82) is 0 Å². The molecule has 0 spiro atoms. The number of benzene rings is 1. The van der Waals surface area contributed by atoms with E-state index in [-0.39, 0.29) is 5.69 Å². The Balaban J connectivity index is 2.21. The van der Waals surface area contributed by atoms with Gasteiger partial charge in [0.05, 0.1) is 9.77 Å². The van der Waals surface area contributed by atoms with Crippen molar-refractivity contribution in [2.45, 2.75) is 20.4 Å². The van der Waals surface area contributed by atoms with Gasteiger partial charge in [-0.3, -0.25) is 0 Å². The van der Waals surface area contributed by atoms with Crippen LogP contribution >= 0.6 is 22.6 Å². The Kier molecular flexibility index (Phi) is 5.09. The Morgan fingerprint density at radius 3 is 2.45 bits per heavy atom. The largest absolute Gasteiger partial charge is 0.312 e. The van der Waals surface area contributed by atoms with Crippen LogP contribution in [0.3, 0.4) is 0 Å². The number of hydrogen-bond acceptors (Lipinski definition) is 2. The van der Waals surface area contributed by atoms with Gasteiger partial charge >= 0.3 is 0 Å². The third kappa shape index (κ3) is 3.76. The molecule has 0 unspecified atom stereocenters. The van der Waals surface area contributed by atoms with E-state index in [1.165, 1.54) is 16.8 Å². The zero-order valence-electron chi connectivity index (χ0n) is 11.3. The van der Waals surface area contributed by atoms with Crippen LogP contribution < -0.4 is 5.32 Å². The smallest absolute Gasteiger partial charge is 0.152 e. The van der Waals surface area contributed by atoms with Gasteiger partial charge in [0.1, 0.15) is 5.69 Å². The topological polar surface area (TPSA) is 29.9 Å². The summed E-state index contributed by atoms with van der Waals surface area (Å²) in [5, 5.41) is 7.10. The zero-order valence-corrected chi connectivity index (χ0v) is 13.5. The first-order valence-electron chi connectivity index (χ1n) is 6.36. The van der Waals surface area contributed by atoms with Crippen LogP contribution in [0.15, 0.2) is 24.5 Å². The molecule has 2 rings (SSSR count). The molecule has 0 fully saturated rings. The van der Waals surface area contributed by atoms with Crippen LogP contribution in [0.2, 0.25) is 0 Å². The lowest BCUT2D eigenvalue weighted by Crippen LogP contribution is -2.19. The van der Waals surface area contributed by atoms with Crippen molar-refractivity contribution >= 4 is 22.6 Å². The Morgan fingerprint density at radius 1 is 1.30 bits per heavy atom. The quantitative estimate of drug-likeness (QED) is 0.791. The highest BCUT2D eigenvalue weighted by atomic mass is 127. The van der Waals surface area contributed by atoms with Crippen molar-refractivity contribution in [3.8, 4) is 5.69 Å². The lowest BCUT2D eigenvalue weighted by Gasteiger charge is -2.10. The van der Waals surface area contributed by atoms with Gasteiger partial charge in [-0.05, 0) is 52.7 Å². The minimum Gasteiger partial charge on any atom is -0.312 e. The van der Waals surface area contributed by atoms with E-state index in [1.807, 2.05) is 22.6 Å². The van der Waals surface area contributed by atoms with Crippen molar-refractivity contribution in [3.63, 3.8) is 0 Å². The fourth-order valence-corrected chi connectivity index (χ4v) is 2.26. The number of hydrogen-bond donors (Lipinski definition) is 1. The molecular formula is C14H16F2IN3. The minimum atomic E-state index is -0.606. The molecule has 108 valence electrons. The van der Waals surface area contributed by atoms with Crippen molar-refractivity contribution in [2.75, 3.05) is 6.54 Å². The number of nitrogens with zero attached hydrogens (tertiary/aromatic N) is 2. The first-order chi connectivity index (χ1) is 9.47. The molecular weight excluding hydrogens is 375 g/mol. The third-order valence-electron chi connectivity index (χ3n) is 2.74. The second-order valence-corrected chi connectivity index (χ2v) is 6.28. The molecule has 1 aromatic carbocycles. The van der Waals surface area contributed by atoms with Crippen LogP contribution in [0.1, 0.15) is 19.4 Å². The summed E-state index contributed by atoms with van der Waals surface area (Å²) in [6.45, 7) is 5.42. The summed E-state index contributed by atoms with van der Waals surface area (Å²) in [7, 11) is 0. The molecule has 20 heavy (non-hydrogen) atoms. The molecule has 2 aromatic rings. The number of halogens is 3. The lowest BCUT2D eigenvalue weighted by molar-refractivity contribution is 0.537. The van der Waals surface area contributed by atoms with Gasteiger partial charge in [0.25, 0.3) is 0 Å².